The highest BCUT2D eigenvalue weighted by Crippen LogP contribution is 2.39. The molecule has 0 aliphatic carbocycles. The lowest BCUT2D eigenvalue weighted by Gasteiger charge is -2.17. The quantitative estimate of drug-likeness (QED) is 0.486. The number of ether oxygens (including phenoxy) is 1. The van der Waals surface area contributed by atoms with Gasteiger partial charge in [-0.3, -0.25) is 0 Å². The van der Waals surface area contributed by atoms with Gasteiger partial charge in [-0.25, -0.2) is 4.99 Å². The van der Waals surface area contributed by atoms with Gasteiger partial charge in [-0.2, -0.15) is 0 Å². The van der Waals surface area contributed by atoms with Crippen LogP contribution in [0, 0.1) is 0 Å². The summed E-state index contributed by atoms with van der Waals surface area (Å²) in [7, 11) is 1.68. The third kappa shape index (κ3) is 4.85. The maximum atomic E-state index is 5.22. The number of nitrogens with zero attached hydrogens (tertiary/aromatic N) is 1. The molecule has 0 saturated carbocycles. The van der Waals surface area contributed by atoms with Gasteiger partial charge in [0.15, 0.2) is 0 Å². The molecule has 3 heteroatoms. The number of allylic oxidation sites excluding steroid dienone is 5. The topological polar surface area (TPSA) is 21.6 Å². The first-order valence-electron chi connectivity index (χ1n) is 10.4. The van der Waals surface area contributed by atoms with Crippen molar-refractivity contribution < 1.29 is 4.74 Å². The highest BCUT2D eigenvalue weighted by atomic mass is 32.2. The molecule has 0 fully saturated rings. The van der Waals surface area contributed by atoms with Crippen molar-refractivity contribution in [3.8, 4) is 5.75 Å². The Morgan fingerprint density at radius 1 is 1.03 bits per heavy atom. The molecule has 2 aromatic rings. The minimum atomic E-state index is 0.603. The highest BCUT2D eigenvalue weighted by molar-refractivity contribution is 8.21. The number of benzene rings is 2. The average molecular weight is 414 g/mol. The number of rotatable bonds is 6. The molecular weight excluding hydrogens is 386 g/mol. The summed E-state index contributed by atoms with van der Waals surface area (Å²) >= 11 is 1.78. The summed E-state index contributed by atoms with van der Waals surface area (Å²) in [5, 5.41) is 1.15. The fraction of sp³-hybridized carbons (Fsp3) is 0.222. The second kappa shape index (κ2) is 9.36. The number of aliphatic imine (C=N–C) groups is 1. The van der Waals surface area contributed by atoms with Crippen molar-refractivity contribution >= 4 is 27.8 Å². The van der Waals surface area contributed by atoms with Gasteiger partial charge in [0.1, 0.15) is 5.75 Å². The van der Waals surface area contributed by atoms with Crippen LogP contribution in [-0.4, -0.2) is 12.2 Å². The molecule has 1 atom stereocenters. The molecule has 2 bridgehead atoms. The van der Waals surface area contributed by atoms with Gasteiger partial charge in [-0.1, -0.05) is 74.2 Å². The summed E-state index contributed by atoms with van der Waals surface area (Å²) in [6, 6.07) is 17.1. The molecule has 2 aliphatic rings. The highest BCUT2D eigenvalue weighted by Gasteiger charge is 2.18. The molecule has 0 N–H and O–H groups in total. The lowest BCUT2D eigenvalue weighted by molar-refractivity contribution is 0.415. The molecule has 4 rings (SSSR count). The lowest BCUT2D eigenvalue weighted by atomic mass is 9.97. The predicted octanol–water partition coefficient (Wildman–Crippen LogP) is 7.62. The minimum absolute atomic E-state index is 0.603. The Hall–Kier alpha value is -2.78. The first kappa shape index (κ1) is 20.5. The van der Waals surface area contributed by atoms with Gasteiger partial charge in [0.2, 0.25) is 0 Å². The van der Waals surface area contributed by atoms with Crippen molar-refractivity contribution in [3.63, 3.8) is 0 Å². The normalized spacial score (nSPS) is 16.9. The van der Waals surface area contributed by atoms with Crippen LogP contribution in [0.15, 0.2) is 89.1 Å². The van der Waals surface area contributed by atoms with E-state index in [1.165, 1.54) is 28.0 Å². The molecule has 0 amide bonds. The van der Waals surface area contributed by atoms with Gasteiger partial charge in [-0.05, 0) is 65.0 Å². The number of methoxy groups -OCH3 is 1. The Kier molecular flexibility index (Phi) is 6.39. The minimum Gasteiger partial charge on any atom is -0.497 e. The third-order valence-corrected chi connectivity index (χ3v) is 6.61. The first-order chi connectivity index (χ1) is 14.6. The first-order valence-corrected chi connectivity index (χ1v) is 11.3. The van der Waals surface area contributed by atoms with E-state index >= 15 is 0 Å². The Morgan fingerprint density at radius 3 is 2.50 bits per heavy atom. The van der Waals surface area contributed by atoms with Gasteiger partial charge in [0.25, 0.3) is 0 Å². The van der Waals surface area contributed by atoms with Gasteiger partial charge >= 0.3 is 0 Å². The maximum absolute atomic E-state index is 5.22. The second-order valence-corrected chi connectivity index (χ2v) is 8.78. The van der Waals surface area contributed by atoms with E-state index in [1.807, 2.05) is 24.3 Å². The fourth-order valence-corrected chi connectivity index (χ4v) is 4.58. The monoisotopic (exact) mass is 413 g/mol. The Bertz CT molecular complexity index is 1050. The molecule has 0 saturated heterocycles. The summed E-state index contributed by atoms with van der Waals surface area (Å²) in [6.07, 6.45) is 12.8. The van der Waals surface area contributed by atoms with Crippen LogP contribution in [-0.2, 0) is 0 Å². The predicted molar refractivity (Wildman–Crippen MR) is 131 cm³/mol. The van der Waals surface area contributed by atoms with Crippen molar-refractivity contribution in [2.75, 3.05) is 7.11 Å². The molecule has 2 aliphatic heterocycles. The third-order valence-electron chi connectivity index (χ3n) is 5.56. The van der Waals surface area contributed by atoms with Gasteiger partial charge in [0.05, 0.1) is 17.9 Å². The van der Waals surface area contributed by atoms with E-state index < -0.39 is 0 Å². The Balaban J connectivity index is 1.50. The molecular formula is C27H27NOS. The van der Waals surface area contributed by atoms with Gasteiger partial charge in [0, 0.05) is 11.3 Å². The lowest BCUT2D eigenvalue weighted by Crippen LogP contribution is -2.01. The van der Waals surface area contributed by atoms with Crippen molar-refractivity contribution in [3.05, 3.63) is 101 Å². The second-order valence-electron chi connectivity index (χ2n) is 7.66. The van der Waals surface area contributed by atoms with Crippen molar-refractivity contribution in [2.45, 2.75) is 32.6 Å². The van der Waals surface area contributed by atoms with Crippen LogP contribution in [0.3, 0.4) is 0 Å². The summed E-state index contributed by atoms with van der Waals surface area (Å²) in [4.78, 5) is 6.19. The summed E-state index contributed by atoms with van der Waals surface area (Å²) < 4.78 is 5.22. The van der Waals surface area contributed by atoms with Crippen LogP contribution in [0.2, 0.25) is 0 Å². The van der Waals surface area contributed by atoms with Crippen LogP contribution in [0.1, 0.15) is 49.3 Å². The smallest absolute Gasteiger partial charge is 0.118 e. The van der Waals surface area contributed by atoms with Gasteiger partial charge in [-0.15, -0.1) is 0 Å². The molecule has 0 spiro atoms. The van der Waals surface area contributed by atoms with E-state index in [2.05, 4.69) is 68.5 Å². The number of thioether (sulfide) groups is 1. The van der Waals surface area contributed by atoms with E-state index in [9.17, 15) is 0 Å². The van der Waals surface area contributed by atoms with Crippen LogP contribution >= 0.6 is 11.8 Å². The Morgan fingerprint density at radius 2 is 1.80 bits per heavy atom. The molecule has 2 nitrogen and oxygen atoms in total. The zero-order valence-electron chi connectivity index (χ0n) is 17.8. The molecule has 0 aromatic heterocycles. The van der Waals surface area contributed by atoms with E-state index in [1.54, 1.807) is 18.9 Å². The molecule has 2 aromatic carbocycles. The zero-order chi connectivity index (χ0) is 20.9. The number of hydrogen-bond acceptors (Lipinski definition) is 3. The summed E-state index contributed by atoms with van der Waals surface area (Å²) in [5.41, 5.74) is 6.09. The molecule has 0 radical (unpaired) electrons. The van der Waals surface area contributed by atoms with Crippen LogP contribution in [0.25, 0.3) is 11.0 Å². The van der Waals surface area contributed by atoms with Crippen molar-refractivity contribution in [1.82, 2.24) is 0 Å². The SMILES string of the molecule is CCC(C)c1ccc(C2=CC3=CC=C(/C=C/c4ccc(OC)cc4)N=C(C3)S2)cc1. The van der Waals surface area contributed by atoms with E-state index in [-0.39, 0.29) is 0 Å². The fourth-order valence-electron chi connectivity index (χ4n) is 3.47. The zero-order valence-corrected chi connectivity index (χ0v) is 18.6. The average Bonchev–Trinajstić information content (AvgIpc) is 2.94. The van der Waals surface area contributed by atoms with Crippen LogP contribution in [0.4, 0.5) is 0 Å². The van der Waals surface area contributed by atoms with E-state index in [0.717, 1.165) is 28.5 Å². The van der Waals surface area contributed by atoms with Gasteiger partial charge < -0.3 is 4.74 Å². The van der Waals surface area contributed by atoms with Crippen LogP contribution < -0.4 is 4.74 Å². The standard InChI is InChI=1S/C27H27NOS/c1-4-19(2)22-9-11-23(12-10-22)26-17-21-6-14-24(28-27(18-21)30-26)13-5-20-7-15-25(29-3)16-8-20/h5-17,19H,4,18H2,1-3H3/b13-5+. The molecule has 152 valence electrons. The summed E-state index contributed by atoms with van der Waals surface area (Å²) in [6.45, 7) is 4.52. The van der Waals surface area contributed by atoms with E-state index in [4.69, 9.17) is 9.73 Å². The van der Waals surface area contributed by atoms with Crippen molar-refractivity contribution in [2.24, 2.45) is 4.99 Å². The van der Waals surface area contributed by atoms with Crippen LogP contribution in [0.5, 0.6) is 5.75 Å². The molecule has 1 unspecified atom stereocenters. The Labute approximate surface area is 183 Å². The largest absolute Gasteiger partial charge is 0.497 e. The number of fused-ring (bicyclic) bond motifs is 2. The van der Waals surface area contributed by atoms with E-state index in [0.29, 0.717) is 5.92 Å². The molecule has 2 heterocycles. The van der Waals surface area contributed by atoms with Crippen molar-refractivity contribution in [1.29, 1.82) is 0 Å². The maximum Gasteiger partial charge on any atom is 0.118 e. The number of hydrogen-bond donors (Lipinski definition) is 0. The summed E-state index contributed by atoms with van der Waals surface area (Å²) in [5.74, 6) is 1.47. The molecule has 30 heavy (non-hydrogen) atoms.